The van der Waals surface area contributed by atoms with Crippen molar-refractivity contribution in [3.8, 4) is 0 Å². The Labute approximate surface area is 122 Å². The van der Waals surface area contributed by atoms with Crippen molar-refractivity contribution in [2.45, 2.75) is 13.5 Å². The molecule has 2 rings (SSSR count). The Kier molecular flexibility index (Phi) is 4.21. The van der Waals surface area contributed by atoms with Gasteiger partial charge in [-0.2, -0.15) is 0 Å². The molecule has 7 heteroatoms. The van der Waals surface area contributed by atoms with Crippen LogP contribution >= 0.6 is 27.5 Å². The number of imidazole rings is 1. The third kappa shape index (κ3) is 3.13. The van der Waals surface area contributed by atoms with Gasteiger partial charge in [0.1, 0.15) is 5.82 Å². The summed E-state index contributed by atoms with van der Waals surface area (Å²) in [5.74, 6) is -1.18. The minimum atomic E-state index is -0.638. The maximum absolute atomic E-state index is 13.8. The summed E-state index contributed by atoms with van der Waals surface area (Å²) in [5, 5.41) is 2.88. The first-order chi connectivity index (χ1) is 8.99. The number of benzene rings is 1. The van der Waals surface area contributed by atoms with Crippen LogP contribution in [0.15, 0.2) is 22.9 Å². The number of aromatic nitrogens is 2. The van der Waals surface area contributed by atoms with Gasteiger partial charge in [0.05, 0.1) is 28.6 Å². The van der Waals surface area contributed by atoms with Crippen molar-refractivity contribution < 1.29 is 9.18 Å². The standard InChI is InChI=1S/C12H10BrClFN3O/c1-6-10(18-5-17-6)4-16-12(19)8-2-7(14)3-9(13)11(8)15/h2-3,5H,4H2,1H3,(H,16,19)(H,17,18). The van der Waals surface area contributed by atoms with Crippen molar-refractivity contribution in [3.05, 3.63) is 50.7 Å². The lowest BCUT2D eigenvalue weighted by Crippen LogP contribution is -2.24. The number of aromatic amines is 1. The van der Waals surface area contributed by atoms with E-state index in [1.807, 2.05) is 6.92 Å². The Hall–Kier alpha value is -1.40. The lowest BCUT2D eigenvalue weighted by molar-refractivity contribution is 0.0946. The monoisotopic (exact) mass is 345 g/mol. The molecule has 0 atom stereocenters. The van der Waals surface area contributed by atoms with Gasteiger partial charge in [0.15, 0.2) is 0 Å². The van der Waals surface area contributed by atoms with Crippen LogP contribution in [0.3, 0.4) is 0 Å². The Morgan fingerprint density at radius 3 is 2.95 bits per heavy atom. The second kappa shape index (κ2) is 5.71. The highest BCUT2D eigenvalue weighted by Gasteiger charge is 2.16. The predicted octanol–water partition coefficient (Wildman–Crippen LogP) is 3.20. The highest BCUT2D eigenvalue weighted by atomic mass is 79.9. The molecule has 2 aromatic rings. The average molecular weight is 347 g/mol. The Bertz CT molecular complexity index is 629. The molecule has 1 amide bonds. The van der Waals surface area contributed by atoms with Crippen molar-refractivity contribution in [3.63, 3.8) is 0 Å². The van der Waals surface area contributed by atoms with Gasteiger partial charge in [0, 0.05) is 10.7 Å². The molecule has 2 N–H and O–H groups in total. The van der Waals surface area contributed by atoms with Crippen LogP contribution in [0.4, 0.5) is 4.39 Å². The van der Waals surface area contributed by atoms with E-state index >= 15 is 0 Å². The first kappa shape index (κ1) is 14.0. The number of hydrogen-bond donors (Lipinski definition) is 2. The van der Waals surface area contributed by atoms with Gasteiger partial charge in [-0.05, 0) is 35.0 Å². The van der Waals surface area contributed by atoms with Gasteiger partial charge < -0.3 is 10.3 Å². The van der Waals surface area contributed by atoms with Crippen LogP contribution in [0.25, 0.3) is 0 Å². The van der Waals surface area contributed by atoms with Crippen LogP contribution in [0.2, 0.25) is 5.02 Å². The molecular weight excluding hydrogens is 337 g/mol. The van der Waals surface area contributed by atoms with E-state index in [4.69, 9.17) is 11.6 Å². The highest BCUT2D eigenvalue weighted by Crippen LogP contribution is 2.24. The fourth-order valence-electron chi connectivity index (χ4n) is 1.55. The molecule has 1 heterocycles. The second-order valence-electron chi connectivity index (χ2n) is 3.91. The average Bonchev–Trinajstić information content (AvgIpc) is 2.76. The summed E-state index contributed by atoms with van der Waals surface area (Å²) in [6, 6.07) is 2.68. The molecule has 0 spiro atoms. The van der Waals surface area contributed by atoms with E-state index in [0.29, 0.717) is 5.69 Å². The number of H-pyrrole nitrogens is 1. The minimum Gasteiger partial charge on any atom is -0.348 e. The van der Waals surface area contributed by atoms with E-state index < -0.39 is 11.7 Å². The molecule has 100 valence electrons. The first-order valence-corrected chi connectivity index (χ1v) is 6.57. The molecule has 0 saturated carbocycles. The van der Waals surface area contributed by atoms with Crippen LogP contribution in [-0.2, 0) is 6.54 Å². The van der Waals surface area contributed by atoms with E-state index in [9.17, 15) is 9.18 Å². The molecule has 0 fully saturated rings. The summed E-state index contributed by atoms with van der Waals surface area (Å²) < 4.78 is 13.9. The quantitative estimate of drug-likeness (QED) is 0.839. The SMILES string of the molecule is Cc1[nH]cnc1CNC(=O)c1cc(Cl)cc(Br)c1F. The molecule has 0 bridgehead atoms. The van der Waals surface area contributed by atoms with Crippen molar-refractivity contribution >= 4 is 33.4 Å². The van der Waals surface area contributed by atoms with E-state index in [0.717, 1.165) is 5.69 Å². The number of nitrogens with zero attached hydrogens (tertiary/aromatic N) is 1. The first-order valence-electron chi connectivity index (χ1n) is 5.40. The molecule has 19 heavy (non-hydrogen) atoms. The van der Waals surface area contributed by atoms with Gasteiger partial charge >= 0.3 is 0 Å². The van der Waals surface area contributed by atoms with E-state index in [1.165, 1.54) is 18.5 Å². The van der Waals surface area contributed by atoms with Gasteiger partial charge in [-0.25, -0.2) is 9.37 Å². The topological polar surface area (TPSA) is 57.8 Å². The van der Waals surface area contributed by atoms with Crippen LogP contribution in [0.1, 0.15) is 21.7 Å². The Morgan fingerprint density at radius 2 is 2.32 bits per heavy atom. The lowest BCUT2D eigenvalue weighted by atomic mass is 10.2. The maximum atomic E-state index is 13.8. The summed E-state index contributed by atoms with van der Waals surface area (Å²) in [7, 11) is 0. The molecule has 1 aromatic heterocycles. The van der Waals surface area contributed by atoms with Gasteiger partial charge in [0.25, 0.3) is 5.91 Å². The van der Waals surface area contributed by atoms with Crippen molar-refractivity contribution in [2.75, 3.05) is 0 Å². The fourth-order valence-corrected chi connectivity index (χ4v) is 2.36. The number of carbonyl (C=O) groups is 1. The van der Waals surface area contributed by atoms with Gasteiger partial charge in [-0.1, -0.05) is 11.6 Å². The lowest BCUT2D eigenvalue weighted by Gasteiger charge is -2.07. The van der Waals surface area contributed by atoms with Crippen LogP contribution in [0, 0.1) is 12.7 Å². The maximum Gasteiger partial charge on any atom is 0.254 e. The van der Waals surface area contributed by atoms with Crippen molar-refractivity contribution in [1.29, 1.82) is 0 Å². The normalized spacial score (nSPS) is 10.5. The molecule has 0 radical (unpaired) electrons. The summed E-state index contributed by atoms with van der Waals surface area (Å²) in [5.41, 5.74) is 1.45. The molecule has 0 aliphatic heterocycles. The predicted molar refractivity (Wildman–Crippen MR) is 73.6 cm³/mol. The Balaban J connectivity index is 2.15. The number of hydrogen-bond acceptors (Lipinski definition) is 2. The van der Waals surface area contributed by atoms with Gasteiger partial charge in [0.2, 0.25) is 0 Å². The molecule has 0 aliphatic rings. The zero-order chi connectivity index (χ0) is 14.0. The van der Waals surface area contributed by atoms with E-state index in [-0.39, 0.29) is 21.6 Å². The molecule has 0 aliphatic carbocycles. The zero-order valence-electron chi connectivity index (χ0n) is 9.93. The number of halogens is 3. The molecule has 1 aromatic carbocycles. The smallest absolute Gasteiger partial charge is 0.254 e. The Morgan fingerprint density at radius 1 is 1.58 bits per heavy atom. The van der Waals surface area contributed by atoms with Crippen molar-refractivity contribution in [1.82, 2.24) is 15.3 Å². The highest BCUT2D eigenvalue weighted by molar-refractivity contribution is 9.10. The fraction of sp³-hybridized carbons (Fsp3) is 0.167. The van der Waals surface area contributed by atoms with Crippen LogP contribution < -0.4 is 5.32 Å². The summed E-state index contributed by atoms with van der Waals surface area (Å²) in [6.07, 6.45) is 1.54. The minimum absolute atomic E-state index is 0.104. The van der Waals surface area contributed by atoms with Crippen LogP contribution in [-0.4, -0.2) is 15.9 Å². The molecule has 0 unspecified atom stereocenters. The largest absolute Gasteiger partial charge is 0.348 e. The number of rotatable bonds is 3. The second-order valence-corrected chi connectivity index (χ2v) is 5.20. The number of aryl methyl sites for hydroxylation is 1. The van der Waals surface area contributed by atoms with Crippen molar-refractivity contribution in [2.24, 2.45) is 0 Å². The van der Waals surface area contributed by atoms with E-state index in [2.05, 4.69) is 31.2 Å². The number of carbonyl (C=O) groups excluding carboxylic acids is 1. The summed E-state index contributed by atoms with van der Waals surface area (Å²) in [6.45, 7) is 2.06. The van der Waals surface area contributed by atoms with Gasteiger partial charge in [-0.15, -0.1) is 0 Å². The summed E-state index contributed by atoms with van der Waals surface area (Å²) in [4.78, 5) is 18.8. The molecular formula is C12H10BrClFN3O. The molecule has 4 nitrogen and oxygen atoms in total. The number of amides is 1. The van der Waals surface area contributed by atoms with Crippen LogP contribution in [0.5, 0.6) is 0 Å². The van der Waals surface area contributed by atoms with Gasteiger partial charge in [-0.3, -0.25) is 4.79 Å². The molecule has 0 saturated heterocycles. The third-order valence-corrected chi connectivity index (χ3v) is 3.38. The van der Waals surface area contributed by atoms with E-state index in [1.54, 1.807) is 0 Å². The number of nitrogens with one attached hydrogen (secondary N) is 2. The zero-order valence-corrected chi connectivity index (χ0v) is 12.3. The third-order valence-electron chi connectivity index (χ3n) is 2.59. The summed E-state index contributed by atoms with van der Waals surface area (Å²) >= 11 is 8.81.